The van der Waals surface area contributed by atoms with Crippen molar-refractivity contribution >= 4 is 27.8 Å². The number of benzene rings is 1. The van der Waals surface area contributed by atoms with E-state index in [2.05, 4.69) is 16.5 Å². The summed E-state index contributed by atoms with van der Waals surface area (Å²) in [4.78, 5) is 9.15. The standard InChI is InChI=1S/C17H22N4O/c1-4-7-13-20-14-15(21(13)10-17(2,3)22)11-8-5-6-9-12(11)19-16(14)18/h5-6,8-9,22H,4,7,10H2,1-3H3,(H2,18,19). The summed E-state index contributed by atoms with van der Waals surface area (Å²) in [6.07, 6.45) is 1.83. The molecule has 3 rings (SSSR count). The van der Waals surface area contributed by atoms with Crippen molar-refractivity contribution in [2.24, 2.45) is 0 Å². The smallest absolute Gasteiger partial charge is 0.152 e. The van der Waals surface area contributed by atoms with Crippen molar-refractivity contribution in [3.05, 3.63) is 30.1 Å². The largest absolute Gasteiger partial charge is 0.389 e. The van der Waals surface area contributed by atoms with Gasteiger partial charge in [-0.2, -0.15) is 0 Å². The number of aryl methyl sites for hydroxylation is 1. The van der Waals surface area contributed by atoms with Crippen molar-refractivity contribution in [3.8, 4) is 0 Å². The number of nitrogens with two attached hydrogens (primary N) is 1. The average Bonchev–Trinajstić information content (AvgIpc) is 2.77. The minimum absolute atomic E-state index is 0.445. The van der Waals surface area contributed by atoms with Crippen LogP contribution < -0.4 is 5.73 Å². The third-order valence-corrected chi connectivity index (χ3v) is 3.71. The Morgan fingerprint density at radius 2 is 1.95 bits per heavy atom. The third-order valence-electron chi connectivity index (χ3n) is 3.71. The van der Waals surface area contributed by atoms with Gasteiger partial charge in [0.1, 0.15) is 11.3 Å². The van der Waals surface area contributed by atoms with Gasteiger partial charge in [-0.25, -0.2) is 9.97 Å². The minimum atomic E-state index is -0.824. The first-order chi connectivity index (χ1) is 10.4. The van der Waals surface area contributed by atoms with Gasteiger partial charge >= 0.3 is 0 Å². The van der Waals surface area contributed by atoms with Gasteiger partial charge in [-0.05, 0) is 26.3 Å². The lowest BCUT2D eigenvalue weighted by atomic mass is 10.1. The van der Waals surface area contributed by atoms with E-state index in [1.165, 1.54) is 0 Å². The fourth-order valence-corrected chi connectivity index (χ4v) is 2.88. The molecule has 5 nitrogen and oxygen atoms in total. The Morgan fingerprint density at radius 1 is 1.23 bits per heavy atom. The molecule has 1 aromatic carbocycles. The number of imidazole rings is 1. The number of fused-ring (bicyclic) bond motifs is 3. The van der Waals surface area contributed by atoms with Gasteiger partial charge in [0.15, 0.2) is 5.82 Å². The molecule has 2 aromatic heterocycles. The summed E-state index contributed by atoms with van der Waals surface area (Å²) in [5, 5.41) is 11.3. The Morgan fingerprint density at radius 3 is 2.64 bits per heavy atom. The summed E-state index contributed by atoms with van der Waals surface area (Å²) in [6.45, 7) is 6.21. The SMILES string of the molecule is CCCc1nc2c(N)nc3ccccc3c2n1CC(C)(C)O. The van der Waals surface area contributed by atoms with E-state index in [0.29, 0.717) is 12.4 Å². The highest BCUT2D eigenvalue weighted by Crippen LogP contribution is 2.30. The average molecular weight is 298 g/mol. The molecule has 0 saturated heterocycles. The minimum Gasteiger partial charge on any atom is -0.389 e. The lowest BCUT2D eigenvalue weighted by Gasteiger charge is -2.20. The maximum Gasteiger partial charge on any atom is 0.152 e. The van der Waals surface area contributed by atoms with Crippen LogP contribution in [0.15, 0.2) is 24.3 Å². The number of nitrogens with zero attached hydrogens (tertiary/aromatic N) is 3. The van der Waals surface area contributed by atoms with Gasteiger partial charge in [0.05, 0.1) is 23.2 Å². The number of nitrogen functional groups attached to an aromatic ring is 1. The first kappa shape index (κ1) is 14.8. The van der Waals surface area contributed by atoms with Crippen LogP contribution in [0, 0.1) is 0 Å². The van der Waals surface area contributed by atoms with Crippen molar-refractivity contribution < 1.29 is 5.11 Å². The molecule has 2 heterocycles. The monoisotopic (exact) mass is 298 g/mol. The van der Waals surface area contributed by atoms with Gasteiger partial charge in [0.2, 0.25) is 0 Å². The molecule has 0 aliphatic rings. The summed E-state index contributed by atoms with van der Waals surface area (Å²) in [7, 11) is 0. The second-order valence-corrected chi connectivity index (χ2v) is 6.39. The molecule has 0 amide bonds. The number of pyridine rings is 1. The Kier molecular flexibility index (Phi) is 3.53. The highest BCUT2D eigenvalue weighted by molar-refractivity contribution is 6.06. The first-order valence-corrected chi connectivity index (χ1v) is 7.66. The normalized spacial score (nSPS) is 12.4. The molecule has 0 spiro atoms. The number of anilines is 1. The Labute approximate surface area is 129 Å². The van der Waals surface area contributed by atoms with E-state index in [1.807, 2.05) is 24.3 Å². The van der Waals surface area contributed by atoms with Gasteiger partial charge in [-0.15, -0.1) is 0 Å². The van der Waals surface area contributed by atoms with Crippen LogP contribution in [0.1, 0.15) is 33.0 Å². The molecule has 0 aliphatic heterocycles. The van der Waals surface area contributed by atoms with Crippen molar-refractivity contribution in [3.63, 3.8) is 0 Å². The molecule has 0 unspecified atom stereocenters. The van der Waals surface area contributed by atoms with Gasteiger partial charge in [-0.3, -0.25) is 0 Å². The van der Waals surface area contributed by atoms with Crippen molar-refractivity contribution in [2.75, 3.05) is 5.73 Å². The maximum atomic E-state index is 10.3. The first-order valence-electron chi connectivity index (χ1n) is 7.66. The van der Waals surface area contributed by atoms with Crippen molar-refractivity contribution in [1.29, 1.82) is 0 Å². The zero-order valence-corrected chi connectivity index (χ0v) is 13.3. The van der Waals surface area contributed by atoms with E-state index < -0.39 is 5.60 Å². The van der Waals surface area contributed by atoms with Crippen LogP contribution in [0.25, 0.3) is 21.9 Å². The number of rotatable bonds is 4. The van der Waals surface area contributed by atoms with E-state index in [1.54, 1.807) is 13.8 Å². The fourth-order valence-electron chi connectivity index (χ4n) is 2.88. The van der Waals surface area contributed by atoms with Crippen LogP contribution in [0.2, 0.25) is 0 Å². The Bertz CT molecular complexity index is 830. The van der Waals surface area contributed by atoms with Crippen LogP contribution in [-0.2, 0) is 13.0 Å². The lowest BCUT2D eigenvalue weighted by molar-refractivity contribution is 0.0618. The third kappa shape index (κ3) is 2.52. The van der Waals surface area contributed by atoms with E-state index >= 15 is 0 Å². The van der Waals surface area contributed by atoms with Crippen LogP contribution in [0.5, 0.6) is 0 Å². The molecule has 0 bridgehead atoms. The summed E-state index contributed by atoms with van der Waals surface area (Å²) in [6, 6.07) is 7.92. The zero-order valence-electron chi connectivity index (χ0n) is 13.3. The summed E-state index contributed by atoms with van der Waals surface area (Å²) in [5.74, 6) is 1.39. The maximum absolute atomic E-state index is 10.3. The second-order valence-electron chi connectivity index (χ2n) is 6.39. The Balaban J connectivity index is 2.39. The van der Waals surface area contributed by atoms with E-state index in [-0.39, 0.29) is 0 Å². The van der Waals surface area contributed by atoms with Crippen LogP contribution in [0.3, 0.4) is 0 Å². The number of aromatic nitrogens is 3. The van der Waals surface area contributed by atoms with E-state index in [4.69, 9.17) is 10.7 Å². The number of hydrogen-bond acceptors (Lipinski definition) is 4. The van der Waals surface area contributed by atoms with Crippen LogP contribution in [-0.4, -0.2) is 25.2 Å². The second kappa shape index (κ2) is 5.25. The summed E-state index contributed by atoms with van der Waals surface area (Å²) >= 11 is 0. The molecule has 0 atom stereocenters. The summed E-state index contributed by atoms with van der Waals surface area (Å²) in [5.41, 5.74) is 7.84. The van der Waals surface area contributed by atoms with Crippen molar-refractivity contribution in [2.45, 2.75) is 45.8 Å². The lowest BCUT2D eigenvalue weighted by Crippen LogP contribution is -2.27. The van der Waals surface area contributed by atoms with Crippen LogP contribution >= 0.6 is 0 Å². The predicted octanol–water partition coefficient (Wildman–Crippen LogP) is 2.89. The topological polar surface area (TPSA) is 77.0 Å². The van der Waals surface area contributed by atoms with Gasteiger partial charge in [0.25, 0.3) is 0 Å². The number of para-hydroxylation sites is 1. The van der Waals surface area contributed by atoms with Gasteiger partial charge in [-0.1, -0.05) is 25.1 Å². The molecule has 116 valence electrons. The highest BCUT2D eigenvalue weighted by atomic mass is 16.3. The van der Waals surface area contributed by atoms with E-state index in [9.17, 15) is 5.11 Å². The molecule has 0 saturated carbocycles. The molecular formula is C17H22N4O. The molecule has 0 radical (unpaired) electrons. The molecular weight excluding hydrogens is 276 g/mol. The fraction of sp³-hybridized carbons (Fsp3) is 0.412. The highest BCUT2D eigenvalue weighted by Gasteiger charge is 2.21. The quantitative estimate of drug-likeness (QED) is 0.776. The molecule has 0 fully saturated rings. The van der Waals surface area contributed by atoms with Gasteiger partial charge < -0.3 is 15.4 Å². The van der Waals surface area contributed by atoms with Gasteiger partial charge in [0, 0.05) is 11.8 Å². The Hall–Kier alpha value is -2.14. The molecule has 5 heteroatoms. The molecule has 0 aliphatic carbocycles. The number of hydrogen-bond donors (Lipinski definition) is 2. The van der Waals surface area contributed by atoms with E-state index in [0.717, 1.165) is 40.6 Å². The molecule has 3 aromatic rings. The van der Waals surface area contributed by atoms with Crippen molar-refractivity contribution in [1.82, 2.24) is 14.5 Å². The summed E-state index contributed by atoms with van der Waals surface area (Å²) < 4.78 is 2.10. The zero-order chi connectivity index (χ0) is 15.9. The van der Waals surface area contributed by atoms with Crippen LogP contribution in [0.4, 0.5) is 5.82 Å². The molecule has 3 N–H and O–H groups in total. The number of aliphatic hydroxyl groups is 1. The molecule has 22 heavy (non-hydrogen) atoms. The predicted molar refractivity (Wildman–Crippen MR) is 89.7 cm³/mol.